The van der Waals surface area contributed by atoms with Crippen LogP contribution in [0.1, 0.15) is 28.5 Å². The maximum atomic E-state index is 12.4. The number of para-hydroxylation sites is 1. The second-order valence-electron chi connectivity index (χ2n) is 6.59. The van der Waals surface area contributed by atoms with Crippen molar-refractivity contribution in [2.75, 3.05) is 25.1 Å². The minimum Gasteiger partial charge on any atom is -0.496 e. The van der Waals surface area contributed by atoms with Gasteiger partial charge in [-0.05, 0) is 42.7 Å². The summed E-state index contributed by atoms with van der Waals surface area (Å²) in [6.07, 6.45) is 0.682. The zero-order valence-corrected chi connectivity index (χ0v) is 16.8. The Morgan fingerprint density at radius 3 is 2.45 bits per heavy atom. The molecule has 0 bridgehead atoms. The molecule has 6 nitrogen and oxygen atoms in total. The average Bonchev–Trinajstić information content (AvgIpc) is 2.78. The first kappa shape index (κ1) is 20.3. The molecule has 3 rings (SSSR count). The quantitative estimate of drug-likeness (QED) is 0.606. The van der Waals surface area contributed by atoms with Crippen LogP contribution in [0.3, 0.4) is 0 Å². The third-order valence-corrected chi connectivity index (χ3v) is 4.68. The maximum Gasteiger partial charge on any atom is 0.271 e. The number of carbonyl (C=O) groups is 1. The first-order chi connectivity index (χ1) is 14.2. The van der Waals surface area contributed by atoms with E-state index in [0.717, 1.165) is 30.2 Å². The third-order valence-electron chi connectivity index (χ3n) is 4.68. The Bertz CT molecular complexity index is 914. The van der Waals surface area contributed by atoms with E-state index in [-0.39, 0.29) is 5.91 Å². The lowest BCUT2D eigenvalue weighted by Crippen LogP contribution is -2.28. The number of ether oxygens (including phenoxy) is 1. The Morgan fingerprint density at radius 2 is 1.76 bits per heavy atom. The van der Waals surface area contributed by atoms with E-state index in [4.69, 9.17) is 4.74 Å². The number of rotatable bonds is 9. The topological polar surface area (TPSA) is 67.4 Å². The third kappa shape index (κ3) is 5.54. The van der Waals surface area contributed by atoms with Crippen molar-refractivity contribution < 1.29 is 9.53 Å². The number of benzene rings is 2. The molecule has 0 fully saturated rings. The largest absolute Gasteiger partial charge is 0.496 e. The summed E-state index contributed by atoms with van der Waals surface area (Å²) in [5.41, 5.74) is 2.56. The zero-order valence-electron chi connectivity index (χ0n) is 16.8. The summed E-state index contributed by atoms with van der Waals surface area (Å²) in [5.74, 6) is 1.34. The highest BCUT2D eigenvalue weighted by Crippen LogP contribution is 2.17. The molecule has 150 valence electrons. The van der Waals surface area contributed by atoms with E-state index in [1.807, 2.05) is 48.5 Å². The molecule has 6 heteroatoms. The molecule has 0 saturated carbocycles. The van der Waals surface area contributed by atoms with E-state index >= 15 is 0 Å². The molecule has 1 N–H and O–H groups in total. The van der Waals surface area contributed by atoms with Crippen LogP contribution in [-0.4, -0.2) is 36.3 Å². The molecule has 0 aliphatic heterocycles. The zero-order chi connectivity index (χ0) is 20.5. The van der Waals surface area contributed by atoms with Gasteiger partial charge in [0.25, 0.3) is 5.91 Å². The predicted molar refractivity (Wildman–Crippen MR) is 114 cm³/mol. The van der Waals surface area contributed by atoms with Gasteiger partial charge >= 0.3 is 0 Å². The van der Waals surface area contributed by atoms with Gasteiger partial charge in [0, 0.05) is 19.6 Å². The van der Waals surface area contributed by atoms with Crippen LogP contribution in [0.15, 0.2) is 66.7 Å². The highest BCUT2D eigenvalue weighted by molar-refractivity contribution is 5.92. The number of hydrogen-bond donors (Lipinski definition) is 1. The van der Waals surface area contributed by atoms with Crippen LogP contribution in [0, 0.1) is 0 Å². The van der Waals surface area contributed by atoms with Crippen molar-refractivity contribution >= 4 is 11.7 Å². The Morgan fingerprint density at radius 1 is 1.00 bits per heavy atom. The molecule has 0 atom stereocenters. The fourth-order valence-electron chi connectivity index (χ4n) is 3.08. The second-order valence-corrected chi connectivity index (χ2v) is 6.59. The number of nitrogens with one attached hydrogen (secondary N) is 1. The normalized spacial score (nSPS) is 10.4. The average molecular weight is 390 g/mol. The first-order valence-electron chi connectivity index (χ1n) is 9.74. The molecular weight excluding hydrogens is 364 g/mol. The van der Waals surface area contributed by atoms with Crippen LogP contribution < -0.4 is 15.0 Å². The number of anilines is 1. The summed E-state index contributed by atoms with van der Waals surface area (Å²) < 4.78 is 5.34. The number of hydrogen-bond acceptors (Lipinski definition) is 5. The van der Waals surface area contributed by atoms with Crippen LogP contribution in [0.2, 0.25) is 0 Å². The van der Waals surface area contributed by atoms with Gasteiger partial charge in [-0.3, -0.25) is 4.79 Å². The minimum atomic E-state index is -0.231. The fraction of sp³-hybridized carbons (Fsp3) is 0.261. The lowest BCUT2D eigenvalue weighted by atomic mass is 10.1. The van der Waals surface area contributed by atoms with Crippen molar-refractivity contribution in [1.29, 1.82) is 0 Å². The molecule has 1 heterocycles. The second kappa shape index (κ2) is 10.2. The Labute approximate surface area is 171 Å². The van der Waals surface area contributed by atoms with Gasteiger partial charge in [-0.1, -0.05) is 48.5 Å². The van der Waals surface area contributed by atoms with E-state index in [1.165, 1.54) is 5.56 Å². The summed E-state index contributed by atoms with van der Waals surface area (Å²) in [5, 5.41) is 11.3. The summed E-state index contributed by atoms with van der Waals surface area (Å²) >= 11 is 0. The van der Waals surface area contributed by atoms with Crippen LogP contribution in [0.4, 0.5) is 5.82 Å². The van der Waals surface area contributed by atoms with Gasteiger partial charge in [0.05, 0.1) is 7.11 Å². The van der Waals surface area contributed by atoms with E-state index < -0.39 is 0 Å². The van der Waals surface area contributed by atoms with Gasteiger partial charge in [0.15, 0.2) is 11.5 Å². The highest BCUT2D eigenvalue weighted by atomic mass is 16.5. The number of methoxy groups -OCH3 is 1. The SMILES string of the molecule is CCN(Cc1ccccc1)c1ccc(C(=O)NCCc2ccccc2OC)nn1. The van der Waals surface area contributed by atoms with Crippen molar-refractivity contribution in [1.82, 2.24) is 15.5 Å². The van der Waals surface area contributed by atoms with Gasteiger partial charge in [-0.25, -0.2) is 0 Å². The van der Waals surface area contributed by atoms with Crippen LogP contribution >= 0.6 is 0 Å². The van der Waals surface area contributed by atoms with E-state index in [1.54, 1.807) is 13.2 Å². The molecule has 3 aromatic rings. The lowest BCUT2D eigenvalue weighted by Gasteiger charge is -2.21. The maximum absolute atomic E-state index is 12.4. The summed E-state index contributed by atoms with van der Waals surface area (Å²) in [6, 6.07) is 21.6. The summed E-state index contributed by atoms with van der Waals surface area (Å²) in [4.78, 5) is 14.5. The van der Waals surface area contributed by atoms with Crippen molar-refractivity contribution in [3.63, 3.8) is 0 Å². The molecular formula is C23H26N4O2. The van der Waals surface area contributed by atoms with Crippen LogP contribution in [0.25, 0.3) is 0 Å². The van der Waals surface area contributed by atoms with Crippen molar-refractivity contribution in [2.45, 2.75) is 19.9 Å². The molecule has 0 saturated heterocycles. The van der Waals surface area contributed by atoms with Gasteiger partial charge in [0.2, 0.25) is 0 Å². The number of nitrogens with zero attached hydrogens (tertiary/aromatic N) is 3. The van der Waals surface area contributed by atoms with E-state index in [9.17, 15) is 4.79 Å². The van der Waals surface area contributed by atoms with Gasteiger partial charge in [0.1, 0.15) is 5.75 Å². The molecule has 0 radical (unpaired) electrons. The highest BCUT2D eigenvalue weighted by Gasteiger charge is 2.12. The lowest BCUT2D eigenvalue weighted by molar-refractivity contribution is 0.0948. The van der Waals surface area contributed by atoms with Crippen molar-refractivity contribution in [3.05, 3.63) is 83.6 Å². The first-order valence-corrected chi connectivity index (χ1v) is 9.74. The Hall–Kier alpha value is -3.41. The number of aromatic nitrogens is 2. The standard InChI is InChI=1S/C23H26N4O2/c1-3-27(17-18-9-5-4-6-10-18)22-14-13-20(25-26-22)23(28)24-16-15-19-11-7-8-12-21(19)29-2/h4-14H,3,15-17H2,1-2H3,(H,24,28). The summed E-state index contributed by atoms with van der Waals surface area (Å²) in [7, 11) is 1.64. The van der Waals surface area contributed by atoms with Crippen molar-refractivity contribution in [2.24, 2.45) is 0 Å². The molecule has 1 aromatic heterocycles. The van der Waals surface area contributed by atoms with Crippen LogP contribution in [0.5, 0.6) is 5.75 Å². The molecule has 2 aromatic carbocycles. The smallest absolute Gasteiger partial charge is 0.271 e. The van der Waals surface area contributed by atoms with Gasteiger partial charge < -0.3 is 15.0 Å². The monoisotopic (exact) mass is 390 g/mol. The van der Waals surface area contributed by atoms with Crippen molar-refractivity contribution in [3.8, 4) is 5.75 Å². The minimum absolute atomic E-state index is 0.231. The molecule has 29 heavy (non-hydrogen) atoms. The Kier molecular flexibility index (Phi) is 7.16. The fourth-order valence-corrected chi connectivity index (χ4v) is 3.08. The number of carbonyl (C=O) groups excluding carboxylic acids is 1. The van der Waals surface area contributed by atoms with Gasteiger partial charge in [-0.15, -0.1) is 10.2 Å². The molecule has 0 spiro atoms. The molecule has 0 aliphatic carbocycles. The van der Waals surface area contributed by atoms with E-state index in [0.29, 0.717) is 18.7 Å². The molecule has 1 amide bonds. The molecule has 0 unspecified atom stereocenters. The Balaban J connectivity index is 1.56. The molecule has 0 aliphatic rings. The number of amides is 1. The summed E-state index contributed by atoms with van der Waals surface area (Å²) in [6.45, 7) is 4.12. The van der Waals surface area contributed by atoms with Gasteiger partial charge in [-0.2, -0.15) is 0 Å². The predicted octanol–water partition coefficient (Wildman–Crippen LogP) is 3.48. The van der Waals surface area contributed by atoms with Crippen LogP contribution in [-0.2, 0) is 13.0 Å². The van der Waals surface area contributed by atoms with E-state index in [2.05, 4.69) is 39.5 Å².